The zero-order valence-corrected chi connectivity index (χ0v) is 12.3. The van der Waals surface area contributed by atoms with Gasteiger partial charge in [0, 0.05) is 15.8 Å². The van der Waals surface area contributed by atoms with Gasteiger partial charge >= 0.3 is 0 Å². The van der Waals surface area contributed by atoms with E-state index in [-0.39, 0.29) is 0 Å². The predicted molar refractivity (Wildman–Crippen MR) is 79.1 cm³/mol. The molecule has 17 heavy (non-hydrogen) atoms. The Morgan fingerprint density at radius 3 is 2.88 bits per heavy atom. The van der Waals surface area contributed by atoms with E-state index in [4.69, 9.17) is 5.84 Å². The molecule has 0 spiro atoms. The van der Waals surface area contributed by atoms with Crippen LogP contribution in [0.3, 0.4) is 0 Å². The zero-order chi connectivity index (χ0) is 12.1. The van der Waals surface area contributed by atoms with Gasteiger partial charge in [-0.1, -0.05) is 40.5 Å². The number of rotatable bonds is 4. The van der Waals surface area contributed by atoms with Gasteiger partial charge in [0.2, 0.25) is 0 Å². The van der Waals surface area contributed by atoms with Crippen LogP contribution in [0.4, 0.5) is 0 Å². The quantitative estimate of drug-likeness (QED) is 0.662. The van der Waals surface area contributed by atoms with Crippen molar-refractivity contribution < 1.29 is 0 Å². The van der Waals surface area contributed by atoms with Gasteiger partial charge in [-0.2, -0.15) is 11.8 Å². The van der Waals surface area contributed by atoms with E-state index in [1.54, 1.807) is 0 Å². The minimum absolute atomic E-state index is 0.374. The fourth-order valence-electron chi connectivity index (χ4n) is 2.28. The number of halogens is 1. The van der Waals surface area contributed by atoms with Crippen LogP contribution in [0.1, 0.15) is 24.8 Å². The first-order valence-electron chi connectivity index (χ1n) is 6.12. The molecular weight excluding hydrogens is 296 g/mol. The number of hydrogen-bond acceptors (Lipinski definition) is 3. The fraction of sp³-hybridized carbons (Fsp3) is 0.538. The van der Waals surface area contributed by atoms with Crippen LogP contribution in [-0.4, -0.2) is 17.0 Å². The summed E-state index contributed by atoms with van der Waals surface area (Å²) in [6.45, 7) is 0. The average Bonchev–Trinajstić information content (AvgIpc) is 2.39. The summed E-state index contributed by atoms with van der Waals surface area (Å²) in [5, 5.41) is 0.654. The number of thioether (sulfide) groups is 1. The predicted octanol–water partition coefficient (Wildman–Crippen LogP) is 3.11. The van der Waals surface area contributed by atoms with Crippen LogP contribution in [0.25, 0.3) is 0 Å². The van der Waals surface area contributed by atoms with E-state index in [2.05, 4.69) is 51.3 Å². The summed E-state index contributed by atoms with van der Waals surface area (Å²) in [7, 11) is 0. The lowest BCUT2D eigenvalue weighted by Crippen LogP contribution is -2.45. The molecule has 0 aromatic heterocycles. The molecule has 0 saturated carbocycles. The van der Waals surface area contributed by atoms with Crippen molar-refractivity contribution in [3.8, 4) is 0 Å². The Labute approximate surface area is 116 Å². The lowest BCUT2D eigenvalue weighted by Gasteiger charge is -2.29. The van der Waals surface area contributed by atoms with Gasteiger partial charge in [-0.15, -0.1) is 0 Å². The molecule has 94 valence electrons. The number of nitrogens with two attached hydrogens (primary N) is 1. The largest absolute Gasteiger partial charge is 0.271 e. The van der Waals surface area contributed by atoms with Gasteiger partial charge in [0.25, 0.3) is 0 Å². The van der Waals surface area contributed by atoms with Gasteiger partial charge in [0.15, 0.2) is 0 Å². The maximum atomic E-state index is 5.72. The van der Waals surface area contributed by atoms with Crippen molar-refractivity contribution in [1.82, 2.24) is 5.43 Å². The van der Waals surface area contributed by atoms with Gasteiger partial charge in [-0.3, -0.25) is 11.3 Å². The fourth-order valence-corrected chi connectivity index (χ4v) is 4.14. The molecule has 2 unspecified atom stereocenters. The van der Waals surface area contributed by atoms with Crippen molar-refractivity contribution in [3.63, 3.8) is 0 Å². The van der Waals surface area contributed by atoms with Crippen LogP contribution in [0.5, 0.6) is 0 Å². The van der Waals surface area contributed by atoms with Crippen LogP contribution in [0.15, 0.2) is 28.7 Å². The van der Waals surface area contributed by atoms with Crippen LogP contribution >= 0.6 is 27.7 Å². The standard InChI is InChI=1S/C13H19BrN2S/c14-11-6-2-1-5-10(11)9-12(16-15)13-7-3-4-8-17-13/h1-2,5-6,12-13,16H,3-4,7-9,15H2. The third-order valence-corrected chi connectivity index (χ3v) is 5.57. The third kappa shape index (κ3) is 3.71. The first kappa shape index (κ1) is 13.4. The molecule has 1 heterocycles. The topological polar surface area (TPSA) is 38.0 Å². The molecule has 1 saturated heterocycles. The molecule has 2 atom stereocenters. The van der Waals surface area contributed by atoms with Gasteiger partial charge in [0.05, 0.1) is 0 Å². The zero-order valence-electron chi connectivity index (χ0n) is 9.86. The highest BCUT2D eigenvalue weighted by Gasteiger charge is 2.23. The summed E-state index contributed by atoms with van der Waals surface area (Å²) in [6.07, 6.45) is 4.97. The summed E-state index contributed by atoms with van der Waals surface area (Å²) in [4.78, 5) is 0. The molecule has 4 heteroatoms. The SMILES string of the molecule is NNC(Cc1ccccc1Br)C1CCCCS1. The number of benzene rings is 1. The Balaban J connectivity index is 2.01. The Bertz CT molecular complexity index is 353. The molecule has 0 amide bonds. The van der Waals surface area contributed by atoms with E-state index in [9.17, 15) is 0 Å². The van der Waals surface area contributed by atoms with Crippen LogP contribution in [0.2, 0.25) is 0 Å². The number of nitrogens with one attached hydrogen (secondary N) is 1. The Hall–Kier alpha value is -0.0300. The van der Waals surface area contributed by atoms with Crippen molar-refractivity contribution in [2.45, 2.75) is 37.0 Å². The Kier molecular flexibility index (Phi) is 5.35. The molecule has 1 fully saturated rings. The molecule has 1 aromatic carbocycles. The molecular formula is C13H19BrN2S. The summed E-state index contributed by atoms with van der Waals surface area (Å²) in [5.41, 5.74) is 4.34. The average molecular weight is 315 g/mol. The summed E-state index contributed by atoms with van der Waals surface area (Å²) < 4.78 is 1.18. The second kappa shape index (κ2) is 6.78. The molecule has 0 aliphatic carbocycles. The van der Waals surface area contributed by atoms with E-state index in [0.717, 1.165) is 6.42 Å². The highest BCUT2D eigenvalue weighted by molar-refractivity contribution is 9.10. The third-order valence-electron chi connectivity index (χ3n) is 3.28. The lowest BCUT2D eigenvalue weighted by molar-refractivity contribution is 0.471. The maximum Gasteiger partial charge on any atom is 0.0370 e. The van der Waals surface area contributed by atoms with Crippen molar-refractivity contribution in [2.75, 3.05) is 5.75 Å². The molecule has 2 nitrogen and oxygen atoms in total. The molecule has 1 aromatic rings. The first-order valence-corrected chi connectivity index (χ1v) is 7.96. The number of hydrogen-bond donors (Lipinski definition) is 2. The van der Waals surface area contributed by atoms with E-state index < -0.39 is 0 Å². The van der Waals surface area contributed by atoms with Crippen molar-refractivity contribution in [3.05, 3.63) is 34.3 Å². The lowest BCUT2D eigenvalue weighted by atomic mass is 10.00. The molecule has 0 radical (unpaired) electrons. The van der Waals surface area contributed by atoms with Crippen LogP contribution in [0, 0.1) is 0 Å². The smallest absolute Gasteiger partial charge is 0.0370 e. The van der Waals surface area contributed by atoms with E-state index in [1.807, 2.05) is 6.07 Å². The monoisotopic (exact) mass is 314 g/mol. The minimum Gasteiger partial charge on any atom is -0.271 e. The summed E-state index contributed by atoms with van der Waals surface area (Å²) in [6, 6.07) is 8.77. The summed E-state index contributed by atoms with van der Waals surface area (Å²) >= 11 is 5.67. The van der Waals surface area contributed by atoms with Crippen molar-refractivity contribution in [1.29, 1.82) is 0 Å². The van der Waals surface area contributed by atoms with Gasteiger partial charge in [0.1, 0.15) is 0 Å². The van der Waals surface area contributed by atoms with E-state index in [0.29, 0.717) is 11.3 Å². The molecule has 1 aliphatic heterocycles. The van der Waals surface area contributed by atoms with E-state index >= 15 is 0 Å². The van der Waals surface area contributed by atoms with Gasteiger partial charge in [-0.25, -0.2) is 0 Å². The van der Waals surface area contributed by atoms with Crippen molar-refractivity contribution >= 4 is 27.7 Å². The highest BCUT2D eigenvalue weighted by Crippen LogP contribution is 2.29. The van der Waals surface area contributed by atoms with Crippen LogP contribution in [-0.2, 0) is 6.42 Å². The Morgan fingerprint density at radius 1 is 1.41 bits per heavy atom. The highest BCUT2D eigenvalue weighted by atomic mass is 79.9. The maximum absolute atomic E-state index is 5.72. The Morgan fingerprint density at radius 2 is 2.24 bits per heavy atom. The van der Waals surface area contributed by atoms with Gasteiger partial charge < -0.3 is 0 Å². The molecule has 0 bridgehead atoms. The normalized spacial score (nSPS) is 22.4. The van der Waals surface area contributed by atoms with Gasteiger partial charge in [-0.05, 0) is 36.6 Å². The second-order valence-corrected chi connectivity index (χ2v) is 6.68. The van der Waals surface area contributed by atoms with E-state index in [1.165, 1.54) is 35.1 Å². The number of hydrazine groups is 1. The molecule has 2 rings (SSSR count). The minimum atomic E-state index is 0.374. The molecule has 1 aliphatic rings. The van der Waals surface area contributed by atoms with Crippen molar-refractivity contribution in [2.24, 2.45) is 5.84 Å². The van der Waals surface area contributed by atoms with Crippen LogP contribution < -0.4 is 11.3 Å². The molecule has 3 N–H and O–H groups in total. The second-order valence-electron chi connectivity index (χ2n) is 4.47. The summed E-state index contributed by atoms with van der Waals surface area (Å²) in [5.74, 6) is 7.00. The first-order chi connectivity index (χ1) is 8.31.